The highest BCUT2D eigenvalue weighted by Crippen LogP contribution is 2.39. The number of hydrogen-bond acceptors (Lipinski definition) is 5. The predicted octanol–water partition coefficient (Wildman–Crippen LogP) is 4.78. The molecule has 1 aliphatic heterocycles. The van der Waals surface area contributed by atoms with E-state index < -0.39 is 4.92 Å². The maximum Gasteiger partial charge on any atom is 0.269 e. The van der Waals surface area contributed by atoms with Crippen molar-refractivity contribution in [3.63, 3.8) is 0 Å². The molecule has 3 heterocycles. The molecular weight excluding hydrogens is 488 g/mol. The average molecular weight is 513 g/mol. The molecule has 4 aromatic rings. The Hall–Kier alpha value is -4.57. The first-order chi connectivity index (χ1) is 18.0. The third-order valence-corrected chi connectivity index (χ3v) is 6.61. The third kappa shape index (κ3) is 5.19. The van der Waals surface area contributed by atoms with E-state index in [-0.39, 0.29) is 30.1 Å². The van der Waals surface area contributed by atoms with Crippen LogP contribution in [0.3, 0.4) is 0 Å². The number of aromatic nitrogens is 2. The first-order valence-electron chi connectivity index (χ1n) is 11.8. The van der Waals surface area contributed by atoms with Gasteiger partial charge in [-0.05, 0) is 60.7 Å². The van der Waals surface area contributed by atoms with Crippen molar-refractivity contribution >= 4 is 34.6 Å². The van der Waals surface area contributed by atoms with Crippen molar-refractivity contribution in [2.24, 2.45) is 0 Å². The summed E-state index contributed by atoms with van der Waals surface area (Å²) in [6.45, 7) is 0.393. The Morgan fingerprint density at radius 3 is 2.49 bits per heavy atom. The van der Waals surface area contributed by atoms with Gasteiger partial charge < -0.3 is 20.1 Å². The summed E-state index contributed by atoms with van der Waals surface area (Å²) in [6.07, 6.45) is 3.89. The van der Waals surface area contributed by atoms with Crippen molar-refractivity contribution in [2.75, 3.05) is 11.9 Å². The van der Waals surface area contributed by atoms with Gasteiger partial charge in [-0.15, -0.1) is 0 Å². The Bertz CT molecular complexity index is 1410. The lowest BCUT2D eigenvalue weighted by Crippen LogP contribution is -2.33. The van der Waals surface area contributed by atoms with E-state index >= 15 is 0 Å². The summed E-state index contributed by atoms with van der Waals surface area (Å²) in [6, 6.07) is 24.9. The lowest BCUT2D eigenvalue weighted by molar-refractivity contribution is -0.384. The molecular formula is C27H24N6O3S. The standard InChI is InChI=1S/C27H24N6O3S/c34-24(29-19-7-2-1-3-8-19)15-18-32-26(25(30-27(32)37)22-9-4-5-16-28-22)23-10-6-17-31(23)20-11-13-21(14-12-20)33(35)36/h1-14,16-17,25-26H,15,18H2,(H,29,34)(H,30,37)/t25-,26-/m0/s1. The van der Waals surface area contributed by atoms with Crippen LogP contribution in [0.2, 0.25) is 0 Å². The quantitative estimate of drug-likeness (QED) is 0.199. The van der Waals surface area contributed by atoms with Crippen LogP contribution < -0.4 is 10.6 Å². The maximum atomic E-state index is 12.7. The lowest BCUT2D eigenvalue weighted by atomic mass is 10.0. The number of nitrogens with one attached hydrogen (secondary N) is 2. The minimum absolute atomic E-state index is 0.0265. The summed E-state index contributed by atoms with van der Waals surface area (Å²) in [4.78, 5) is 30.0. The Kier molecular flexibility index (Phi) is 6.91. The van der Waals surface area contributed by atoms with Gasteiger partial charge in [-0.25, -0.2) is 0 Å². The van der Waals surface area contributed by atoms with Crippen LogP contribution in [0.1, 0.15) is 29.9 Å². The van der Waals surface area contributed by atoms with Crippen LogP contribution in [-0.2, 0) is 4.79 Å². The number of benzene rings is 2. The monoisotopic (exact) mass is 512 g/mol. The molecule has 2 atom stereocenters. The van der Waals surface area contributed by atoms with Crippen LogP contribution in [0.25, 0.3) is 5.69 Å². The van der Waals surface area contributed by atoms with Crippen molar-refractivity contribution in [3.8, 4) is 5.69 Å². The number of non-ortho nitro benzene ring substituents is 1. The van der Waals surface area contributed by atoms with Crippen LogP contribution in [0.5, 0.6) is 0 Å². The molecule has 186 valence electrons. The van der Waals surface area contributed by atoms with Crippen LogP contribution in [0.15, 0.2) is 97.3 Å². The molecule has 1 fully saturated rings. The molecule has 1 amide bonds. The molecule has 2 aromatic heterocycles. The molecule has 0 bridgehead atoms. The number of amides is 1. The first kappa shape index (κ1) is 24.1. The second kappa shape index (κ2) is 10.6. The molecule has 0 radical (unpaired) electrons. The Labute approximate surface area is 218 Å². The predicted molar refractivity (Wildman–Crippen MR) is 144 cm³/mol. The minimum atomic E-state index is -0.418. The van der Waals surface area contributed by atoms with E-state index in [0.29, 0.717) is 11.7 Å². The number of nitrogens with zero attached hydrogens (tertiary/aromatic N) is 4. The average Bonchev–Trinajstić information content (AvgIpc) is 3.52. The zero-order valence-corrected chi connectivity index (χ0v) is 20.5. The van der Waals surface area contributed by atoms with Gasteiger partial charge in [0.15, 0.2) is 5.11 Å². The number of carbonyl (C=O) groups excluding carboxylic acids is 1. The fourth-order valence-corrected chi connectivity index (χ4v) is 4.87. The minimum Gasteiger partial charge on any atom is -0.352 e. The molecule has 10 heteroatoms. The van der Waals surface area contributed by atoms with Crippen molar-refractivity contribution in [1.29, 1.82) is 0 Å². The number of pyridine rings is 1. The first-order valence-corrected chi connectivity index (χ1v) is 12.2. The van der Waals surface area contributed by atoms with E-state index in [9.17, 15) is 14.9 Å². The molecule has 1 saturated heterocycles. The Balaban J connectivity index is 1.45. The fourth-order valence-electron chi connectivity index (χ4n) is 4.54. The van der Waals surface area contributed by atoms with Crippen molar-refractivity contribution in [2.45, 2.75) is 18.5 Å². The zero-order valence-electron chi connectivity index (χ0n) is 19.7. The lowest BCUT2D eigenvalue weighted by Gasteiger charge is -2.28. The van der Waals surface area contributed by atoms with Gasteiger partial charge in [-0.1, -0.05) is 24.3 Å². The van der Waals surface area contributed by atoms with Gasteiger partial charge in [0.2, 0.25) is 5.91 Å². The summed E-state index contributed by atoms with van der Waals surface area (Å²) in [5.74, 6) is -0.111. The van der Waals surface area contributed by atoms with Crippen molar-refractivity contribution < 1.29 is 9.72 Å². The number of para-hydroxylation sites is 1. The topological polar surface area (TPSA) is 105 Å². The van der Waals surface area contributed by atoms with Gasteiger partial charge in [-0.3, -0.25) is 19.9 Å². The van der Waals surface area contributed by atoms with Crippen LogP contribution in [0.4, 0.5) is 11.4 Å². The Morgan fingerprint density at radius 1 is 1.03 bits per heavy atom. The van der Waals surface area contributed by atoms with Gasteiger partial charge in [0.25, 0.3) is 5.69 Å². The van der Waals surface area contributed by atoms with E-state index in [1.165, 1.54) is 12.1 Å². The third-order valence-electron chi connectivity index (χ3n) is 6.26. The summed E-state index contributed by atoms with van der Waals surface area (Å²) < 4.78 is 1.98. The molecule has 0 saturated carbocycles. The number of anilines is 1. The second-order valence-corrected chi connectivity index (χ2v) is 8.95. The van der Waals surface area contributed by atoms with Gasteiger partial charge in [-0.2, -0.15) is 0 Å². The summed E-state index contributed by atoms with van der Waals surface area (Å²) >= 11 is 5.73. The van der Waals surface area contributed by atoms with Crippen LogP contribution in [0, 0.1) is 10.1 Å². The molecule has 1 aliphatic rings. The highest BCUT2D eigenvalue weighted by molar-refractivity contribution is 7.80. The fraction of sp³-hybridized carbons (Fsp3) is 0.148. The number of thiocarbonyl (C=S) groups is 1. The maximum absolute atomic E-state index is 12.7. The van der Waals surface area contributed by atoms with E-state index in [1.807, 2.05) is 76.3 Å². The smallest absolute Gasteiger partial charge is 0.269 e. The highest BCUT2D eigenvalue weighted by atomic mass is 32.1. The number of nitro benzene ring substituents is 1. The van der Waals surface area contributed by atoms with E-state index in [4.69, 9.17) is 12.2 Å². The second-order valence-electron chi connectivity index (χ2n) is 8.56. The SMILES string of the molecule is O=C(CCN1C(=S)N[C@@H](c2ccccn2)[C@@H]1c1cccn1-c1ccc([N+](=O)[O-])cc1)Nc1ccccc1. The molecule has 37 heavy (non-hydrogen) atoms. The molecule has 0 unspecified atom stereocenters. The molecule has 5 rings (SSSR count). The molecule has 9 nitrogen and oxygen atoms in total. The van der Waals surface area contributed by atoms with Crippen LogP contribution >= 0.6 is 12.2 Å². The van der Waals surface area contributed by atoms with E-state index in [1.54, 1.807) is 18.3 Å². The van der Waals surface area contributed by atoms with Crippen LogP contribution in [-0.4, -0.2) is 36.9 Å². The van der Waals surface area contributed by atoms with Gasteiger partial charge >= 0.3 is 0 Å². The normalized spacial score (nSPS) is 16.9. The molecule has 0 aliphatic carbocycles. The largest absolute Gasteiger partial charge is 0.352 e. The number of nitro groups is 1. The molecule has 0 spiro atoms. The van der Waals surface area contributed by atoms with E-state index in [0.717, 1.165) is 22.8 Å². The van der Waals surface area contributed by atoms with Gasteiger partial charge in [0.05, 0.1) is 22.7 Å². The van der Waals surface area contributed by atoms with Gasteiger partial charge in [0.1, 0.15) is 0 Å². The molecule has 2 N–H and O–H groups in total. The number of carbonyl (C=O) groups is 1. The van der Waals surface area contributed by atoms with Gasteiger partial charge in [0, 0.05) is 54.6 Å². The molecule has 2 aromatic carbocycles. The van der Waals surface area contributed by atoms with E-state index in [2.05, 4.69) is 15.6 Å². The number of rotatable bonds is 8. The number of hydrogen-bond donors (Lipinski definition) is 2. The highest BCUT2D eigenvalue weighted by Gasteiger charge is 2.41. The summed E-state index contributed by atoms with van der Waals surface area (Å²) in [7, 11) is 0. The van der Waals surface area contributed by atoms with Crippen molar-refractivity contribution in [1.82, 2.24) is 19.8 Å². The Morgan fingerprint density at radius 2 is 1.78 bits per heavy atom. The van der Waals surface area contributed by atoms with Crippen molar-refractivity contribution in [3.05, 3.63) is 119 Å². The zero-order chi connectivity index (χ0) is 25.8. The summed E-state index contributed by atoms with van der Waals surface area (Å²) in [5, 5.41) is 18.0. The summed E-state index contributed by atoms with van der Waals surface area (Å²) in [5.41, 5.74) is 3.29.